The van der Waals surface area contributed by atoms with Gasteiger partial charge in [0.05, 0.1) is 9.40 Å². The number of anilines is 2. The summed E-state index contributed by atoms with van der Waals surface area (Å²) in [6.07, 6.45) is 0. The molecule has 0 aliphatic heterocycles. The average molecular weight is 465 g/mol. The van der Waals surface area contributed by atoms with Crippen LogP contribution in [0.3, 0.4) is 0 Å². The van der Waals surface area contributed by atoms with Gasteiger partial charge < -0.3 is 15.8 Å². The van der Waals surface area contributed by atoms with Crippen molar-refractivity contribution >= 4 is 44.9 Å². The number of rotatable bonds is 5. The second-order valence-corrected chi connectivity index (χ2v) is 6.28. The molecule has 0 aliphatic carbocycles. The highest BCUT2D eigenvalue weighted by Crippen LogP contribution is 2.22. The van der Waals surface area contributed by atoms with Crippen LogP contribution >= 0.6 is 15.9 Å². The van der Waals surface area contributed by atoms with Gasteiger partial charge in [0.15, 0.2) is 5.69 Å². The van der Waals surface area contributed by atoms with Crippen LogP contribution in [0.5, 0.6) is 0 Å². The van der Waals surface area contributed by atoms with Crippen molar-refractivity contribution in [1.29, 1.82) is 0 Å². The molecule has 0 atom stereocenters. The molecule has 148 valence electrons. The number of non-ortho nitro benzene ring substituents is 1. The van der Waals surface area contributed by atoms with E-state index in [1.54, 1.807) is 0 Å². The molecule has 2 aromatic carbocycles. The number of amidine groups is 1. The quantitative estimate of drug-likeness (QED) is 0.170. The summed E-state index contributed by atoms with van der Waals surface area (Å²) in [5.41, 5.74) is -0.0971. The average Bonchev–Trinajstić information content (AvgIpc) is 3.16. The molecular formula is C16H10BrFN6O5. The van der Waals surface area contributed by atoms with Gasteiger partial charge in [0.25, 0.3) is 11.6 Å². The fourth-order valence-electron chi connectivity index (χ4n) is 2.21. The predicted molar refractivity (Wildman–Crippen MR) is 101 cm³/mol. The summed E-state index contributed by atoms with van der Waals surface area (Å²) in [7, 11) is 0. The molecule has 11 nitrogen and oxygen atoms in total. The van der Waals surface area contributed by atoms with Crippen molar-refractivity contribution in [1.82, 2.24) is 10.3 Å². The largest absolute Gasteiger partial charge is 0.409 e. The van der Waals surface area contributed by atoms with E-state index in [4.69, 9.17) is 0 Å². The molecule has 0 spiro atoms. The molecule has 3 rings (SSSR count). The summed E-state index contributed by atoms with van der Waals surface area (Å²) in [5.74, 6) is -1.68. The first-order chi connectivity index (χ1) is 13.9. The summed E-state index contributed by atoms with van der Waals surface area (Å²) in [6.45, 7) is 0. The number of nitro benzene ring substituents is 1. The summed E-state index contributed by atoms with van der Waals surface area (Å²) in [4.78, 5) is 22.6. The fourth-order valence-corrected chi connectivity index (χ4v) is 2.59. The van der Waals surface area contributed by atoms with Crippen molar-refractivity contribution in [3.8, 4) is 0 Å². The molecule has 3 aromatic rings. The SMILES string of the molecule is O=C(Nc1nonc1/C(=N\O)Nc1ccc(F)c(Br)c1)c1cccc([N+](=O)[O-])c1. The van der Waals surface area contributed by atoms with E-state index in [-0.39, 0.29) is 33.1 Å². The zero-order chi connectivity index (χ0) is 21.0. The standard InChI is InChI=1S/C16H10BrFN6O5/c17-11-7-9(4-5-12(11)18)19-14(21-26)13-15(23-29-22-13)20-16(25)8-2-1-3-10(6-8)24(27)28/h1-7,26H,(H,19,21)(H,20,23,25). The smallest absolute Gasteiger partial charge is 0.270 e. The van der Waals surface area contributed by atoms with Crippen LogP contribution in [0.1, 0.15) is 16.1 Å². The molecule has 1 aromatic heterocycles. The van der Waals surface area contributed by atoms with Crippen LogP contribution in [0, 0.1) is 15.9 Å². The summed E-state index contributed by atoms with van der Waals surface area (Å²) >= 11 is 3.03. The lowest BCUT2D eigenvalue weighted by Crippen LogP contribution is -2.19. The first-order valence-electron chi connectivity index (χ1n) is 7.72. The van der Waals surface area contributed by atoms with E-state index in [0.29, 0.717) is 5.69 Å². The third-order valence-electron chi connectivity index (χ3n) is 3.55. The van der Waals surface area contributed by atoms with Crippen LogP contribution in [0.4, 0.5) is 21.6 Å². The van der Waals surface area contributed by atoms with Gasteiger partial charge in [0.1, 0.15) is 5.82 Å². The van der Waals surface area contributed by atoms with Gasteiger partial charge in [-0.25, -0.2) is 9.02 Å². The topological polar surface area (TPSA) is 156 Å². The molecule has 0 fully saturated rings. The Balaban J connectivity index is 1.82. The predicted octanol–water partition coefficient (Wildman–Crippen LogP) is 3.38. The summed E-state index contributed by atoms with van der Waals surface area (Å²) in [6, 6.07) is 8.97. The molecule has 29 heavy (non-hydrogen) atoms. The maximum absolute atomic E-state index is 13.4. The highest BCUT2D eigenvalue weighted by molar-refractivity contribution is 9.10. The number of nitro groups is 1. The van der Waals surface area contributed by atoms with Crippen molar-refractivity contribution in [3.63, 3.8) is 0 Å². The Bertz CT molecular complexity index is 1120. The fraction of sp³-hybridized carbons (Fsp3) is 0. The third kappa shape index (κ3) is 4.52. The van der Waals surface area contributed by atoms with Gasteiger partial charge in [-0.05, 0) is 50.5 Å². The minimum atomic E-state index is -0.729. The summed E-state index contributed by atoms with van der Waals surface area (Å²) < 4.78 is 18.1. The van der Waals surface area contributed by atoms with E-state index in [9.17, 15) is 24.5 Å². The number of carbonyl (C=O) groups is 1. The lowest BCUT2D eigenvalue weighted by atomic mass is 10.2. The maximum Gasteiger partial charge on any atom is 0.270 e. The van der Waals surface area contributed by atoms with Gasteiger partial charge in [0, 0.05) is 23.4 Å². The van der Waals surface area contributed by atoms with Crippen molar-refractivity contribution in [2.75, 3.05) is 10.6 Å². The first kappa shape index (κ1) is 19.9. The first-order valence-corrected chi connectivity index (χ1v) is 8.51. The Kier molecular flexibility index (Phi) is 5.78. The molecule has 3 N–H and O–H groups in total. The van der Waals surface area contributed by atoms with Crippen LogP contribution in [-0.2, 0) is 0 Å². The minimum absolute atomic E-state index is 0.00828. The lowest BCUT2D eigenvalue weighted by molar-refractivity contribution is -0.384. The maximum atomic E-state index is 13.4. The van der Waals surface area contributed by atoms with Crippen molar-refractivity contribution < 1.29 is 23.9 Å². The van der Waals surface area contributed by atoms with Crippen LogP contribution in [0.25, 0.3) is 0 Å². The number of nitrogens with one attached hydrogen (secondary N) is 2. The molecule has 0 aliphatic rings. The molecule has 0 unspecified atom stereocenters. The normalized spacial score (nSPS) is 11.2. The van der Waals surface area contributed by atoms with E-state index in [0.717, 1.165) is 6.07 Å². The van der Waals surface area contributed by atoms with E-state index in [2.05, 4.69) is 46.7 Å². The van der Waals surface area contributed by atoms with Gasteiger partial charge in [-0.1, -0.05) is 11.2 Å². The molecule has 0 radical (unpaired) electrons. The van der Waals surface area contributed by atoms with Gasteiger partial charge >= 0.3 is 0 Å². The van der Waals surface area contributed by atoms with Gasteiger partial charge in [0.2, 0.25) is 11.7 Å². The molecular weight excluding hydrogens is 455 g/mol. The monoisotopic (exact) mass is 464 g/mol. The number of nitrogens with zero attached hydrogens (tertiary/aromatic N) is 4. The van der Waals surface area contributed by atoms with Gasteiger partial charge in [-0.2, -0.15) is 0 Å². The Labute approximate surface area is 169 Å². The number of hydrogen-bond donors (Lipinski definition) is 3. The minimum Gasteiger partial charge on any atom is -0.409 e. The van der Waals surface area contributed by atoms with Crippen LogP contribution < -0.4 is 10.6 Å². The van der Waals surface area contributed by atoms with E-state index >= 15 is 0 Å². The van der Waals surface area contributed by atoms with Crippen molar-refractivity contribution in [2.24, 2.45) is 5.16 Å². The number of hydrogen-bond acceptors (Lipinski definition) is 8. The zero-order valence-electron chi connectivity index (χ0n) is 14.2. The van der Waals surface area contributed by atoms with E-state index < -0.39 is 16.6 Å². The molecule has 1 heterocycles. The zero-order valence-corrected chi connectivity index (χ0v) is 15.8. The Hall–Kier alpha value is -3.87. The Morgan fingerprint density at radius 2 is 2.03 bits per heavy atom. The Morgan fingerprint density at radius 3 is 2.72 bits per heavy atom. The number of oxime groups is 1. The highest BCUT2D eigenvalue weighted by atomic mass is 79.9. The highest BCUT2D eigenvalue weighted by Gasteiger charge is 2.21. The summed E-state index contributed by atoms with van der Waals surface area (Å²) in [5, 5.41) is 35.3. The van der Waals surface area contributed by atoms with E-state index in [1.807, 2.05) is 0 Å². The van der Waals surface area contributed by atoms with Gasteiger partial charge in [-0.3, -0.25) is 14.9 Å². The molecule has 1 amide bonds. The van der Waals surface area contributed by atoms with Gasteiger partial charge in [-0.15, -0.1) is 0 Å². The number of carbonyl (C=O) groups excluding carboxylic acids is 1. The molecule has 13 heteroatoms. The van der Waals surface area contributed by atoms with Crippen LogP contribution in [-0.4, -0.2) is 32.2 Å². The van der Waals surface area contributed by atoms with Crippen LogP contribution in [0.2, 0.25) is 0 Å². The lowest BCUT2D eigenvalue weighted by Gasteiger charge is -2.08. The number of halogens is 2. The molecule has 0 saturated heterocycles. The number of benzene rings is 2. The van der Waals surface area contributed by atoms with E-state index in [1.165, 1.54) is 36.4 Å². The second kappa shape index (κ2) is 8.43. The number of aromatic nitrogens is 2. The Morgan fingerprint density at radius 1 is 1.24 bits per heavy atom. The molecule has 0 bridgehead atoms. The van der Waals surface area contributed by atoms with Crippen molar-refractivity contribution in [2.45, 2.75) is 0 Å². The second-order valence-electron chi connectivity index (χ2n) is 5.43. The van der Waals surface area contributed by atoms with Crippen LogP contribution in [0.15, 0.2) is 56.7 Å². The van der Waals surface area contributed by atoms with Crippen molar-refractivity contribution in [3.05, 3.63) is 74.1 Å². The third-order valence-corrected chi connectivity index (χ3v) is 4.15. The molecule has 0 saturated carbocycles. The number of amides is 1.